The zero-order valence-electron chi connectivity index (χ0n) is 16.3. The van der Waals surface area contributed by atoms with Crippen molar-refractivity contribution >= 4 is 23.3 Å². The first-order valence-corrected chi connectivity index (χ1v) is 9.86. The second kappa shape index (κ2) is 7.79. The monoisotopic (exact) mass is 392 g/mol. The fraction of sp³-hybridized carbons (Fsp3) is 0.348. The Labute approximate surface area is 169 Å². The summed E-state index contributed by atoms with van der Waals surface area (Å²) < 4.78 is 5.96. The number of carbonyl (C=O) groups excluding carboxylic acids is 3. The highest BCUT2D eigenvalue weighted by molar-refractivity contribution is 6.27. The summed E-state index contributed by atoms with van der Waals surface area (Å²) in [7, 11) is 0. The van der Waals surface area contributed by atoms with Gasteiger partial charge in [-0.1, -0.05) is 42.5 Å². The average Bonchev–Trinajstić information content (AvgIpc) is 3.21. The van der Waals surface area contributed by atoms with E-state index in [-0.39, 0.29) is 11.9 Å². The Hall–Kier alpha value is -2.99. The van der Waals surface area contributed by atoms with Crippen LogP contribution in [0.25, 0.3) is 0 Å². The molecule has 1 unspecified atom stereocenters. The van der Waals surface area contributed by atoms with Crippen molar-refractivity contribution in [1.82, 2.24) is 5.32 Å². The van der Waals surface area contributed by atoms with E-state index in [0.29, 0.717) is 31.6 Å². The second-order valence-electron chi connectivity index (χ2n) is 7.89. The van der Waals surface area contributed by atoms with Crippen molar-refractivity contribution in [3.05, 3.63) is 65.7 Å². The number of hydrogen-bond acceptors (Lipinski definition) is 4. The van der Waals surface area contributed by atoms with E-state index >= 15 is 0 Å². The number of ketones is 1. The third-order valence-electron chi connectivity index (χ3n) is 5.70. The molecule has 150 valence electrons. The molecule has 2 amide bonds. The van der Waals surface area contributed by atoms with Gasteiger partial charge in [-0.05, 0) is 43.0 Å². The van der Waals surface area contributed by atoms with Crippen molar-refractivity contribution < 1.29 is 19.1 Å². The number of aryl methyl sites for hydroxylation is 1. The molecular weight excluding hydrogens is 368 g/mol. The van der Waals surface area contributed by atoms with Crippen LogP contribution in [0.3, 0.4) is 0 Å². The lowest BCUT2D eigenvalue weighted by Crippen LogP contribution is -2.45. The Kier molecular flexibility index (Phi) is 5.20. The van der Waals surface area contributed by atoms with Crippen LogP contribution in [0, 0.1) is 12.8 Å². The highest BCUT2D eigenvalue weighted by Crippen LogP contribution is 2.39. The number of carbonyl (C=O) groups is 3. The van der Waals surface area contributed by atoms with Gasteiger partial charge in [-0.3, -0.25) is 14.4 Å². The fourth-order valence-electron chi connectivity index (χ4n) is 4.21. The molecule has 1 aliphatic carbocycles. The van der Waals surface area contributed by atoms with Crippen LogP contribution >= 0.6 is 0 Å². The second-order valence-corrected chi connectivity index (χ2v) is 7.89. The predicted octanol–water partition coefficient (Wildman–Crippen LogP) is 2.76. The van der Waals surface area contributed by atoms with Gasteiger partial charge in [0.05, 0.1) is 12.7 Å². The molecule has 0 bridgehead atoms. The van der Waals surface area contributed by atoms with Gasteiger partial charge in [0.15, 0.2) is 11.7 Å². The summed E-state index contributed by atoms with van der Waals surface area (Å²) in [5.74, 6) is -2.77. The zero-order valence-corrected chi connectivity index (χ0v) is 16.3. The van der Waals surface area contributed by atoms with Gasteiger partial charge in [-0.15, -0.1) is 0 Å². The van der Waals surface area contributed by atoms with Crippen LogP contribution in [0.1, 0.15) is 30.4 Å². The van der Waals surface area contributed by atoms with E-state index in [0.717, 1.165) is 11.1 Å². The first-order chi connectivity index (χ1) is 14.0. The predicted molar refractivity (Wildman–Crippen MR) is 108 cm³/mol. The molecule has 3 atom stereocenters. The summed E-state index contributed by atoms with van der Waals surface area (Å²) in [4.78, 5) is 38.2. The van der Waals surface area contributed by atoms with E-state index in [1.54, 1.807) is 12.1 Å². The highest BCUT2D eigenvalue weighted by atomic mass is 16.5. The summed E-state index contributed by atoms with van der Waals surface area (Å²) in [6, 6.07) is 17.1. The van der Waals surface area contributed by atoms with Crippen LogP contribution < -0.4 is 10.6 Å². The maximum absolute atomic E-state index is 13.1. The maximum Gasteiger partial charge on any atom is 0.244 e. The quantitative estimate of drug-likeness (QED) is 0.767. The number of nitrogens with one attached hydrogen (secondary N) is 2. The van der Waals surface area contributed by atoms with Crippen LogP contribution in [0.15, 0.2) is 54.6 Å². The first-order valence-electron chi connectivity index (χ1n) is 9.86. The summed E-state index contributed by atoms with van der Waals surface area (Å²) in [6.07, 6.45) is 1.44. The molecule has 4 rings (SSSR count). The van der Waals surface area contributed by atoms with Crippen molar-refractivity contribution in [2.24, 2.45) is 5.92 Å². The number of ether oxygens (including phenoxy) is 1. The van der Waals surface area contributed by atoms with Crippen molar-refractivity contribution in [3.63, 3.8) is 0 Å². The van der Waals surface area contributed by atoms with E-state index in [1.807, 2.05) is 49.4 Å². The Morgan fingerprint density at radius 2 is 1.97 bits per heavy atom. The van der Waals surface area contributed by atoms with E-state index in [2.05, 4.69) is 10.6 Å². The topological polar surface area (TPSA) is 84.5 Å². The fourth-order valence-corrected chi connectivity index (χ4v) is 4.21. The van der Waals surface area contributed by atoms with Gasteiger partial charge in [0.1, 0.15) is 5.54 Å². The normalized spacial score (nSPS) is 26.0. The van der Waals surface area contributed by atoms with E-state index < -0.39 is 23.3 Å². The van der Waals surface area contributed by atoms with Crippen LogP contribution in [0.2, 0.25) is 0 Å². The van der Waals surface area contributed by atoms with Gasteiger partial charge < -0.3 is 15.4 Å². The van der Waals surface area contributed by atoms with Crippen LogP contribution in [0.5, 0.6) is 0 Å². The largest absolute Gasteiger partial charge is 0.373 e. The van der Waals surface area contributed by atoms with Crippen molar-refractivity contribution in [3.8, 4) is 0 Å². The van der Waals surface area contributed by atoms with Gasteiger partial charge in [-0.2, -0.15) is 0 Å². The number of benzene rings is 2. The Bertz CT molecular complexity index is 943. The third kappa shape index (κ3) is 3.93. The molecule has 1 spiro atoms. The molecule has 1 saturated heterocycles. The Morgan fingerprint density at radius 1 is 1.17 bits per heavy atom. The lowest BCUT2D eigenvalue weighted by Gasteiger charge is -2.21. The summed E-state index contributed by atoms with van der Waals surface area (Å²) in [5.41, 5.74) is 1.63. The molecular formula is C23H24N2O4. The number of Topliss-reactive ketones (excluding diaryl/α,β-unsaturated/α-hetero) is 1. The van der Waals surface area contributed by atoms with Crippen LogP contribution in [0.4, 0.5) is 5.69 Å². The minimum atomic E-state index is -1.32. The molecule has 2 fully saturated rings. The Balaban J connectivity index is 1.40. The lowest BCUT2D eigenvalue weighted by atomic mass is 9.89. The molecule has 1 saturated carbocycles. The summed E-state index contributed by atoms with van der Waals surface area (Å²) in [5, 5.41) is 5.50. The smallest absolute Gasteiger partial charge is 0.244 e. The number of hydrogen-bond donors (Lipinski definition) is 2. The molecule has 6 nitrogen and oxygen atoms in total. The molecule has 1 heterocycles. The molecule has 0 radical (unpaired) electrons. The van der Waals surface area contributed by atoms with Gasteiger partial charge in [-0.25, -0.2) is 0 Å². The summed E-state index contributed by atoms with van der Waals surface area (Å²) >= 11 is 0. The van der Waals surface area contributed by atoms with Gasteiger partial charge in [0, 0.05) is 12.1 Å². The number of rotatable bonds is 5. The molecule has 2 aromatic carbocycles. The van der Waals surface area contributed by atoms with E-state index in [9.17, 15) is 14.4 Å². The molecule has 29 heavy (non-hydrogen) atoms. The van der Waals surface area contributed by atoms with Crippen molar-refractivity contribution in [2.75, 3.05) is 5.32 Å². The van der Waals surface area contributed by atoms with Gasteiger partial charge in [0.25, 0.3) is 0 Å². The highest BCUT2D eigenvalue weighted by Gasteiger charge is 2.58. The van der Waals surface area contributed by atoms with Crippen molar-refractivity contribution in [2.45, 2.75) is 44.4 Å². The summed E-state index contributed by atoms with van der Waals surface area (Å²) in [6.45, 7) is 2.37. The van der Waals surface area contributed by atoms with Crippen LogP contribution in [-0.2, 0) is 25.7 Å². The number of amides is 2. The van der Waals surface area contributed by atoms with Gasteiger partial charge in [0.2, 0.25) is 11.8 Å². The first kappa shape index (κ1) is 19.3. The maximum atomic E-state index is 13.1. The van der Waals surface area contributed by atoms with Gasteiger partial charge >= 0.3 is 0 Å². The Morgan fingerprint density at radius 3 is 2.72 bits per heavy atom. The molecule has 0 aromatic heterocycles. The molecule has 2 aromatic rings. The van der Waals surface area contributed by atoms with E-state index in [4.69, 9.17) is 4.74 Å². The van der Waals surface area contributed by atoms with Crippen LogP contribution in [-0.4, -0.2) is 29.2 Å². The molecule has 6 heteroatoms. The zero-order chi connectivity index (χ0) is 20.4. The van der Waals surface area contributed by atoms with Crippen molar-refractivity contribution in [1.29, 1.82) is 0 Å². The lowest BCUT2D eigenvalue weighted by molar-refractivity contribution is -0.135. The van der Waals surface area contributed by atoms with E-state index in [1.165, 1.54) is 0 Å². The standard InChI is InChI=1S/C23H24N2O4/c1-15-6-5-9-17(12-15)24-21(27)19-20(26)23(25-22(19)28)11-10-18(13-23)29-14-16-7-3-2-4-8-16/h2-9,12,18-19H,10-11,13-14H2,1H3,(H,24,27)(H,25,28)/t18-,19?,23-/m0/s1. The molecule has 1 aliphatic heterocycles. The SMILES string of the molecule is Cc1cccc(NC(=O)C2C(=O)N[C@]3(CC[C@H](OCc4ccccc4)C3)C2=O)c1. The number of anilines is 1. The minimum absolute atomic E-state index is 0.127. The minimum Gasteiger partial charge on any atom is -0.373 e. The third-order valence-corrected chi connectivity index (χ3v) is 5.70. The molecule has 2 N–H and O–H groups in total. The average molecular weight is 392 g/mol. The molecule has 2 aliphatic rings.